The fourth-order valence-corrected chi connectivity index (χ4v) is 8.04. The van der Waals surface area contributed by atoms with Gasteiger partial charge in [0.05, 0.1) is 43.4 Å². The van der Waals surface area contributed by atoms with Gasteiger partial charge in [0.1, 0.15) is 11.5 Å². The Bertz CT molecular complexity index is 1860. The summed E-state index contributed by atoms with van der Waals surface area (Å²) in [6.45, 7) is 5.73. The summed E-state index contributed by atoms with van der Waals surface area (Å²) in [7, 11) is -3.49. The van der Waals surface area contributed by atoms with Gasteiger partial charge in [-0.25, -0.2) is 13.4 Å². The molecule has 2 N–H and O–H groups in total. The van der Waals surface area contributed by atoms with Crippen LogP contribution in [0.15, 0.2) is 42.6 Å². The van der Waals surface area contributed by atoms with Crippen molar-refractivity contribution in [2.24, 2.45) is 0 Å². The van der Waals surface area contributed by atoms with Crippen molar-refractivity contribution >= 4 is 26.9 Å². The molecule has 0 radical (unpaired) electrons. The van der Waals surface area contributed by atoms with Gasteiger partial charge in [-0.15, -0.1) is 0 Å². The molecule has 15 heteroatoms. The molecule has 0 aliphatic carbocycles. The number of hydrogen-bond donors (Lipinski definition) is 2. The number of halogens is 3. The van der Waals surface area contributed by atoms with Crippen molar-refractivity contribution in [3.63, 3.8) is 0 Å². The first-order valence-electron chi connectivity index (χ1n) is 16.4. The minimum Gasteiger partial charge on any atom is -0.390 e. The van der Waals surface area contributed by atoms with Crippen LogP contribution in [0.4, 0.5) is 19.0 Å². The molecule has 3 aliphatic rings. The van der Waals surface area contributed by atoms with Gasteiger partial charge >= 0.3 is 6.18 Å². The van der Waals surface area contributed by atoms with E-state index in [4.69, 9.17) is 14.8 Å². The normalized spacial score (nSPS) is 19.6. The van der Waals surface area contributed by atoms with E-state index < -0.39 is 27.9 Å². The predicted molar refractivity (Wildman–Crippen MR) is 175 cm³/mol. The quantitative estimate of drug-likeness (QED) is 0.287. The number of anilines is 1. The van der Waals surface area contributed by atoms with Crippen LogP contribution in [0.3, 0.4) is 0 Å². The van der Waals surface area contributed by atoms with Crippen LogP contribution < -0.4 is 4.90 Å². The first-order valence-corrected chi connectivity index (χ1v) is 18.2. The smallest absolute Gasteiger partial charge is 0.390 e. The number of nitrogens with zero attached hydrogens (tertiary/aromatic N) is 6. The molecule has 3 aliphatic heterocycles. The minimum absolute atomic E-state index is 0.0754. The number of pyridine rings is 1. The molecule has 48 heavy (non-hydrogen) atoms. The van der Waals surface area contributed by atoms with E-state index in [-0.39, 0.29) is 19.6 Å². The number of benzene rings is 1. The highest BCUT2D eigenvalue weighted by Gasteiger charge is 2.33. The van der Waals surface area contributed by atoms with Crippen molar-refractivity contribution in [1.29, 1.82) is 0 Å². The van der Waals surface area contributed by atoms with Gasteiger partial charge in [0.15, 0.2) is 0 Å². The molecule has 2 fully saturated rings. The molecule has 258 valence electrons. The van der Waals surface area contributed by atoms with Gasteiger partial charge in [-0.3, -0.25) is 4.68 Å². The molecule has 1 aromatic carbocycles. The summed E-state index contributed by atoms with van der Waals surface area (Å²) in [5.41, 5.74) is 3.76. The van der Waals surface area contributed by atoms with Gasteiger partial charge in [-0.1, -0.05) is 12.1 Å². The number of H-pyrrole nitrogens is 1. The maximum atomic E-state index is 13.2. The number of likely N-dealkylation sites (tertiary alicyclic amines) is 1. The molecule has 6 heterocycles. The Morgan fingerprint density at radius 3 is 2.44 bits per heavy atom. The van der Waals surface area contributed by atoms with E-state index >= 15 is 0 Å². The SMILES string of the molecule is CS(=O)(=O)N1CCc2c(c(-c3ccc(C(F)(F)F)cc3)nn2CC(O)CN2CCC(c3c[nH]c4nc(N5CCOCC5)ccc34)CC2)C1. The van der Waals surface area contributed by atoms with Crippen molar-refractivity contribution in [3.05, 3.63) is 65.0 Å². The van der Waals surface area contributed by atoms with Crippen molar-refractivity contribution in [2.45, 2.75) is 50.6 Å². The Morgan fingerprint density at radius 1 is 1.02 bits per heavy atom. The van der Waals surface area contributed by atoms with Crippen LogP contribution in [0.25, 0.3) is 22.3 Å². The zero-order valence-electron chi connectivity index (χ0n) is 26.8. The van der Waals surface area contributed by atoms with Gasteiger partial charge in [0, 0.05) is 67.5 Å². The highest BCUT2D eigenvalue weighted by molar-refractivity contribution is 7.88. The fourth-order valence-electron chi connectivity index (χ4n) is 7.25. The van der Waals surface area contributed by atoms with Crippen molar-refractivity contribution < 1.29 is 31.4 Å². The number of morpholine rings is 1. The summed E-state index contributed by atoms with van der Waals surface area (Å²) >= 11 is 0. The maximum absolute atomic E-state index is 13.2. The third-order valence-corrected chi connectivity index (χ3v) is 11.1. The standard InChI is InChI=1S/C33H40F3N7O4S/c1-48(45,46)42-13-10-29-28(21-42)31(23-2-4-24(5-3-23)33(34,35)36)39-43(29)20-25(44)19-40-11-8-22(9-12-40)27-18-37-32-26(27)6-7-30(38-32)41-14-16-47-17-15-41/h2-7,18,22,25,44H,8-17,19-21H2,1H3,(H,37,38). The first-order chi connectivity index (χ1) is 22.9. The molecule has 0 saturated carbocycles. The van der Waals surface area contributed by atoms with Gasteiger partial charge in [-0.2, -0.15) is 22.6 Å². The van der Waals surface area contributed by atoms with E-state index in [1.165, 1.54) is 22.0 Å². The topological polar surface area (TPSA) is 120 Å². The molecule has 0 amide bonds. The Labute approximate surface area is 277 Å². The molecule has 1 atom stereocenters. The van der Waals surface area contributed by atoms with Gasteiger partial charge in [0.2, 0.25) is 10.0 Å². The van der Waals surface area contributed by atoms with Crippen LogP contribution >= 0.6 is 0 Å². The second-order valence-corrected chi connectivity index (χ2v) is 15.0. The van der Waals surface area contributed by atoms with E-state index in [1.54, 1.807) is 4.68 Å². The molecule has 3 aromatic heterocycles. The van der Waals surface area contributed by atoms with Crippen LogP contribution in [0, 0.1) is 0 Å². The predicted octanol–water partition coefficient (Wildman–Crippen LogP) is 3.84. The molecule has 0 bridgehead atoms. The highest BCUT2D eigenvalue weighted by atomic mass is 32.2. The van der Waals surface area contributed by atoms with Crippen molar-refractivity contribution in [3.8, 4) is 11.3 Å². The highest BCUT2D eigenvalue weighted by Crippen LogP contribution is 2.36. The third kappa shape index (κ3) is 6.83. The van der Waals surface area contributed by atoms with E-state index in [0.717, 1.165) is 80.0 Å². The van der Waals surface area contributed by atoms with Crippen LogP contribution in [-0.2, 0) is 40.4 Å². The van der Waals surface area contributed by atoms with Gasteiger partial charge in [-0.05, 0) is 61.7 Å². The van der Waals surface area contributed by atoms with Gasteiger partial charge < -0.3 is 24.6 Å². The molecule has 7 rings (SSSR count). The third-order valence-electron chi connectivity index (χ3n) is 9.82. The van der Waals surface area contributed by atoms with E-state index in [1.807, 2.05) is 0 Å². The molecule has 0 spiro atoms. The van der Waals surface area contributed by atoms with Crippen LogP contribution in [-0.4, -0.2) is 107 Å². The number of sulfonamides is 1. The number of aliphatic hydroxyl groups is 1. The first kappa shape index (κ1) is 33.0. The number of aromatic amines is 1. The number of β-amino-alcohol motifs (C(OH)–C–C–N with tert-alkyl or cyclic N) is 1. The Hall–Kier alpha value is -3.50. The number of nitrogens with one attached hydrogen (secondary N) is 1. The lowest BCUT2D eigenvalue weighted by Gasteiger charge is -2.33. The summed E-state index contributed by atoms with van der Waals surface area (Å²) in [6.07, 6.45) is 0.295. The van der Waals surface area contributed by atoms with E-state index in [9.17, 15) is 26.7 Å². The lowest BCUT2D eigenvalue weighted by atomic mass is 9.89. The average Bonchev–Trinajstić information content (AvgIpc) is 3.66. The molecular weight excluding hydrogens is 647 g/mol. The largest absolute Gasteiger partial charge is 0.416 e. The number of hydrogen-bond acceptors (Lipinski definition) is 8. The number of ether oxygens (including phenoxy) is 1. The second kappa shape index (κ2) is 13.1. The number of aliphatic hydroxyl groups excluding tert-OH is 1. The summed E-state index contributed by atoms with van der Waals surface area (Å²) in [5.74, 6) is 1.34. The summed E-state index contributed by atoms with van der Waals surface area (Å²) in [4.78, 5) is 12.7. The van der Waals surface area contributed by atoms with Crippen LogP contribution in [0.1, 0.15) is 41.1 Å². The Morgan fingerprint density at radius 2 is 1.75 bits per heavy atom. The number of alkyl halides is 3. The zero-order chi connectivity index (χ0) is 33.6. The number of aromatic nitrogens is 4. The van der Waals surface area contributed by atoms with Crippen molar-refractivity contribution in [1.82, 2.24) is 29.0 Å². The van der Waals surface area contributed by atoms with Crippen LogP contribution in [0.5, 0.6) is 0 Å². The zero-order valence-corrected chi connectivity index (χ0v) is 27.6. The maximum Gasteiger partial charge on any atom is 0.416 e. The monoisotopic (exact) mass is 687 g/mol. The Kier molecular flexibility index (Phi) is 9.00. The number of rotatable bonds is 8. The molecule has 2 saturated heterocycles. The number of fused-ring (bicyclic) bond motifs is 2. The minimum atomic E-state index is -4.47. The number of piperidine rings is 1. The molecule has 11 nitrogen and oxygen atoms in total. The summed E-state index contributed by atoms with van der Waals surface area (Å²) in [5, 5.41) is 17.1. The van der Waals surface area contributed by atoms with E-state index in [0.29, 0.717) is 48.9 Å². The van der Waals surface area contributed by atoms with Crippen molar-refractivity contribution in [2.75, 3.05) is 63.6 Å². The molecule has 4 aromatic rings. The lowest BCUT2D eigenvalue weighted by molar-refractivity contribution is -0.137. The fraction of sp³-hybridized carbons (Fsp3) is 0.515. The lowest BCUT2D eigenvalue weighted by Crippen LogP contribution is -2.40. The summed E-state index contributed by atoms with van der Waals surface area (Å²) in [6, 6.07) is 8.99. The van der Waals surface area contributed by atoms with Gasteiger partial charge in [0.25, 0.3) is 0 Å². The molecule has 1 unspecified atom stereocenters. The van der Waals surface area contributed by atoms with Crippen LogP contribution in [0.2, 0.25) is 0 Å². The average molecular weight is 688 g/mol. The molecular formula is C33H40F3N7O4S. The Balaban J connectivity index is 1.02. The van der Waals surface area contributed by atoms with E-state index in [2.05, 4.69) is 33.1 Å². The second-order valence-electron chi connectivity index (χ2n) is 13.0. The summed E-state index contributed by atoms with van der Waals surface area (Å²) < 4.78 is 72.9.